The molecule has 0 aromatic carbocycles. The monoisotopic (exact) mass is 222 g/mol. The Morgan fingerprint density at radius 3 is 2.73 bits per heavy atom. The zero-order valence-electron chi connectivity index (χ0n) is 9.09. The third-order valence-electron chi connectivity index (χ3n) is 2.57. The van der Waals surface area contributed by atoms with E-state index in [1.54, 1.807) is 0 Å². The highest BCUT2D eigenvalue weighted by molar-refractivity contribution is 6.33. The summed E-state index contributed by atoms with van der Waals surface area (Å²) in [4.78, 5) is 0. The number of rotatable bonds is 2. The van der Waals surface area contributed by atoms with Gasteiger partial charge in [-0.3, -0.25) is 0 Å². The minimum atomic E-state index is 0.422. The third kappa shape index (κ3) is 2.18. The molecule has 0 spiro atoms. The van der Waals surface area contributed by atoms with Crippen LogP contribution in [0.2, 0.25) is 0 Å². The van der Waals surface area contributed by atoms with Crippen molar-refractivity contribution in [2.75, 3.05) is 0 Å². The Labute approximate surface area is 95.4 Å². The van der Waals surface area contributed by atoms with Gasteiger partial charge in [0, 0.05) is 16.5 Å². The highest BCUT2D eigenvalue weighted by Crippen LogP contribution is 2.32. The van der Waals surface area contributed by atoms with Gasteiger partial charge in [0.15, 0.2) is 0 Å². The fourth-order valence-corrected chi connectivity index (χ4v) is 1.93. The summed E-state index contributed by atoms with van der Waals surface area (Å²) in [5.74, 6) is 2.33. The molecule has 2 heteroatoms. The Hall–Kier alpha value is -0.950. The van der Waals surface area contributed by atoms with E-state index in [1.807, 2.05) is 12.1 Å². The second-order valence-electron chi connectivity index (χ2n) is 4.12. The molecule has 1 nitrogen and oxygen atoms in total. The van der Waals surface area contributed by atoms with Crippen LogP contribution in [0.15, 0.2) is 33.7 Å². The van der Waals surface area contributed by atoms with Crippen LogP contribution in [-0.4, -0.2) is 0 Å². The summed E-state index contributed by atoms with van der Waals surface area (Å²) in [6.45, 7) is 4.24. The van der Waals surface area contributed by atoms with E-state index in [0.29, 0.717) is 5.92 Å². The van der Waals surface area contributed by atoms with Crippen molar-refractivity contribution in [3.8, 4) is 0 Å². The maximum Gasteiger partial charge on any atom is 0.135 e. The zero-order chi connectivity index (χ0) is 10.8. The highest BCUT2D eigenvalue weighted by Gasteiger charge is 2.13. The van der Waals surface area contributed by atoms with Gasteiger partial charge in [0.05, 0.1) is 0 Å². The molecule has 1 aromatic heterocycles. The molecule has 0 aliphatic heterocycles. The summed E-state index contributed by atoms with van der Waals surface area (Å²) in [6.07, 6.45) is 6.14. The van der Waals surface area contributed by atoms with Crippen LogP contribution < -0.4 is 0 Å². The summed E-state index contributed by atoms with van der Waals surface area (Å²) < 4.78 is 5.76. The Kier molecular flexibility index (Phi) is 3.01. The van der Waals surface area contributed by atoms with Gasteiger partial charge in [0.2, 0.25) is 0 Å². The summed E-state index contributed by atoms with van der Waals surface area (Å²) in [5, 5.41) is 0.905. The van der Waals surface area contributed by atoms with E-state index in [0.717, 1.165) is 35.0 Å². The lowest BCUT2D eigenvalue weighted by atomic mass is 10.1. The molecule has 0 saturated heterocycles. The lowest BCUT2D eigenvalue weighted by Crippen LogP contribution is -1.88. The van der Waals surface area contributed by atoms with E-state index in [9.17, 15) is 0 Å². The fourth-order valence-electron chi connectivity index (χ4n) is 1.66. The Morgan fingerprint density at radius 1 is 1.33 bits per heavy atom. The van der Waals surface area contributed by atoms with Crippen molar-refractivity contribution in [2.24, 2.45) is 0 Å². The molecule has 0 atom stereocenters. The van der Waals surface area contributed by atoms with Crippen LogP contribution >= 0.6 is 11.6 Å². The number of halogens is 1. The van der Waals surface area contributed by atoms with E-state index in [4.69, 9.17) is 16.0 Å². The molecule has 80 valence electrons. The predicted octanol–water partition coefficient (Wildman–Crippen LogP) is 4.70. The molecule has 1 aliphatic carbocycles. The van der Waals surface area contributed by atoms with Gasteiger partial charge in [-0.2, -0.15) is 0 Å². The summed E-state index contributed by atoms with van der Waals surface area (Å²) in [6, 6.07) is 4.03. The second kappa shape index (κ2) is 4.28. The molecule has 1 aliphatic rings. The van der Waals surface area contributed by atoms with Crippen molar-refractivity contribution in [1.29, 1.82) is 0 Å². The van der Waals surface area contributed by atoms with E-state index in [-0.39, 0.29) is 0 Å². The number of hydrogen-bond donors (Lipinski definition) is 0. The first kappa shape index (κ1) is 10.6. The zero-order valence-corrected chi connectivity index (χ0v) is 9.84. The lowest BCUT2D eigenvalue weighted by Gasteiger charge is -2.08. The van der Waals surface area contributed by atoms with Gasteiger partial charge in [-0.15, -0.1) is 0 Å². The van der Waals surface area contributed by atoms with Crippen molar-refractivity contribution in [3.63, 3.8) is 0 Å². The topological polar surface area (TPSA) is 13.1 Å². The standard InChI is InChI=1S/C13H15ClO/c1-9(2)12-7-8-13(15-12)10-5-3-4-6-11(10)14/h3,5,7-9H,4,6H2,1-2H3. The Balaban J connectivity index is 2.33. The van der Waals surface area contributed by atoms with Crippen LogP contribution in [0.1, 0.15) is 44.1 Å². The predicted molar refractivity (Wildman–Crippen MR) is 63.9 cm³/mol. The minimum absolute atomic E-state index is 0.422. The molecule has 1 heterocycles. The molecular formula is C13H15ClO. The summed E-state index contributed by atoms with van der Waals surface area (Å²) in [5.41, 5.74) is 1.04. The van der Waals surface area contributed by atoms with Crippen molar-refractivity contribution >= 4 is 17.2 Å². The van der Waals surface area contributed by atoms with E-state index in [1.165, 1.54) is 0 Å². The fraction of sp³-hybridized carbons (Fsp3) is 0.385. The molecule has 0 unspecified atom stereocenters. The van der Waals surface area contributed by atoms with Crippen molar-refractivity contribution in [2.45, 2.75) is 32.6 Å². The number of allylic oxidation sites excluding steroid dienone is 4. The minimum Gasteiger partial charge on any atom is -0.461 e. The first-order valence-corrected chi connectivity index (χ1v) is 5.71. The molecule has 0 fully saturated rings. The van der Waals surface area contributed by atoms with Crippen LogP contribution in [0.4, 0.5) is 0 Å². The van der Waals surface area contributed by atoms with Gasteiger partial charge in [-0.25, -0.2) is 0 Å². The molecular weight excluding hydrogens is 208 g/mol. The van der Waals surface area contributed by atoms with Crippen molar-refractivity contribution in [1.82, 2.24) is 0 Å². The molecule has 0 bridgehead atoms. The Morgan fingerprint density at radius 2 is 2.13 bits per heavy atom. The van der Waals surface area contributed by atoms with Crippen LogP contribution in [0.25, 0.3) is 5.57 Å². The van der Waals surface area contributed by atoms with Gasteiger partial charge in [-0.1, -0.05) is 37.6 Å². The largest absolute Gasteiger partial charge is 0.461 e. The quantitative estimate of drug-likeness (QED) is 0.707. The molecule has 2 rings (SSSR count). The van der Waals surface area contributed by atoms with E-state index < -0.39 is 0 Å². The Bertz CT molecular complexity index is 410. The van der Waals surface area contributed by atoms with Gasteiger partial charge in [0.1, 0.15) is 11.5 Å². The van der Waals surface area contributed by atoms with Crippen molar-refractivity contribution < 1.29 is 4.42 Å². The highest BCUT2D eigenvalue weighted by atomic mass is 35.5. The average Bonchev–Trinajstić information content (AvgIpc) is 2.67. The van der Waals surface area contributed by atoms with Gasteiger partial charge >= 0.3 is 0 Å². The molecule has 0 N–H and O–H groups in total. The van der Waals surface area contributed by atoms with Crippen molar-refractivity contribution in [3.05, 3.63) is 40.8 Å². The van der Waals surface area contributed by atoms with Crippen LogP contribution in [0.3, 0.4) is 0 Å². The summed E-state index contributed by atoms with van der Waals surface area (Å²) in [7, 11) is 0. The van der Waals surface area contributed by atoms with E-state index in [2.05, 4.69) is 26.0 Å². The molecule has 0 radical (unpaired) electrons. The maximum absolute atomic E-state index is 6.17. The van der Waals surface area contributed by atoms with Gasteiger partial charge in [-0.05, 0) is 25.0 Å². The molecule has 0 amide bonds. The third-order valence-corrected chi connectivity index (χ3v) is 2.96. The first-order chi connectivity index (χ1) is 7.18. The molecule has 15 heavy (non-hydrogen) atoms. The van der Waals surface area contributed by atoms with Gasteiger partial charge in [0.25, 0.3) is 0 Å². The number of hydrogen-bond acceptors (Lipinski definition) is 1. The normalized spacial score (nSPS) is 16.5. The van der Waals surface area contributed by atoms with Crippen LogP contribution in [0.5, 0.6) is 0 Å². The smallest absolute Gasteiger partial charge is 0.135 e. The first-order valence-electron chi connectivity index (χ1n) is 5.34. The van der Waals surface area contributed by atoms with Crippen LogP contribution in [-0.2, 0) is 0 Å². The van der Waals surface area contributed by atoms with Crippen LogP contribution in [0, 0.1) is 0 Å². The molecule has 1 aromatic rings. The maximum atomic E-state index is 6.17. The summed E-state index contributed by atoms with van der Waals surface area (Å²) >= 11 is 6.17. The number of furan rings is 1. The second-order valence-corrected chi connectivity index (χ2v) is 4.57. The lowest BCUT2D eigenvalue weighted by molar-refractivity contribution is 0.477. The molecule has 0 saturated carbocycles. The SMILES string of the molecule is CC(C)c1ccc(C2=C(Cl)CCC=C2)o1. The van der Waals surface area contributed by atoms with E-state index >= 15 is 0 Å². The van der Waals surface area contributed by atoms with Gasteiger partial charge < -0.3 is 4.42 Å². The average molecular weight is 223 g/mol.